The number of carbonyl (C=O) groups is 1. The SMILES string of the molecule is Cc1cc(C(=O)N(CCC#N)C(C)C)sc1Br. The molecule has 1 heterocycles. The third-order valence-electron chi connectivity index (χ3n) is 2.42. The zero-order valence-electron chi connectivity index (χ0n) is 10.2. The molecule has 0 aliphatic heterocycles. The van der Waals surface area contributed by atoms with Crippen molar-refractivity contribution >= 4 is 33.2 Å². The number of amides is 1. The number of halogens is 1. The van der Waals surface area contributed by atoms with Crippen molar-refractivity contribution in [2.24, 2.45) is 0 Å². The molecule has 17 heavy (non-hydrogen) atoms. The van der Waals surface area contributed by atoms with Crippen LogP contribution >= 0.6 is 27.3 Å². The van der Waals surface area contributed by atoms with E-state index in [0.29, 0.717) is 13.0 Å². The smallest absolute Gasteiger partial charge is 0.264 e. The normalized spacial score (nSPS) is 10.4. The highest BCUT2D eigenvalue weighted by atomic mass is 79.9. The third-order valence-corrected chi connectivity index (χ3v) is 4.54. The summed E-state index contributed by atoms with van der Waals surface area (Å²) >= 11 is 4.86. The van der Waals surface area contributed by atoms with Gasteiger partial charge in [-0.25, -0.2) is 0 Å². The van der Waals surface area contributed by atoms with Crippen LogP contribution in [0.1, 0.15) is 35.5 Å². The van der Waals surface area contributed by atoms with Gasteiger partial charge in [-0.3, -0.25) is 4.79 Å². The van der Waals surface area contributed by atoms with Crippen LogP contribution in [-0.4, -0.2) is 23.4 Å². The Morgan fingerprint density at radius 2 is 2.29 bits per heavy atom. The highest BCUT2D eigenvalue weighted by Crippen LogP contribution is 2.28. The van der Waals surface area contributed by atoms with E-state index in [1.165, 1.54) is 11.3 Å². The molecule has 0 aliphatic rings. The monoisotopic (exact) mass is 314 g/mol. The van der Waals surface area contributed by atoms with Crippen LogP contribution in [0.3, 0.4) is 0 Å². The van der Waals surface area contributed by atoms with Gasteiger partial charge in [0.25, 0.3) is 5.91 Å². The Morgan fingerprint density at radius 3 is 2.71 bits per heavy atom. The molecule has 0 aliphatic carbocycles. The fraction of sp³-hybridized carbons (Fsp3) is 0.500. The van der Waals surface area contributed by atoms with Crippen LogP contribution in [0.15, 0.2) is 9.85 Å². The molecule has 3 nitrogen and oxygen atoms in total. The topological polar surface area (TPSA) is 44.1 Å². The van der Waals surface area contributed by atoms with Crippen LogP contribution in [0, 0.1) is 18.3 Å². The van der Waals surface area contributed by atoms with Crippen molar-refractivity contribution in [3.63, 3.8) is 0 Å². The molecule has 1 aromatic heterocycles. The lowest BCUT2D eigenvalue weighted by molar-refractivity contribution is 0.0715. The van der Waals surface area contributed by atoms with Crippen molar-refractivity contribution < 1.29 is 4.79 Å². The number of nitriles is 1. The summed E-state index contributed by atoms with van der Waals surface area (Å²) in [6, 6.07) is 4.07. The maximum Gasteiger partial charge on any atom is 0.264 e. The summed E-state index contributed by atoms with van der Waals surface area (Å²) in [5, 5.41) is 8.60. The Bertz CT molecular complexity index is 428. The van der Waals surface area contributed by atoms with Gasteiger partial charge in [-0.15, -0.1) is 11.3 Å². The van der Waals surface area contributed by atoms with Gasteiger partial charge in [0.15, 0.2) is 0 Å². The van der Waals surface area contributed by atoms with E-state index >= 15 is 0 Å². The van der Waals surface area contributed by atoms with E-state index in [1.807, 2.05) is 26.8 Å². The minimum atomic E-state index is 0.00838. The number of hydrogen-bond acceptors (Lipinski definition) is 3. The second kappa shape index (κ2) is 6.18. The summed E-state index contributed by atoms with van der Waals surface area (Å²) in [6.45, 7) is 6.38. The maximum absolute atomic E-state index is 12.3. The van der Waals surface area contributed by atoms with E-state index in [1.54, 1.807) is 4.90 Å². The maximum atomic E-state index is 12.3. The van der Waals surface area contributed by atoms with E-state index in [0.717, 1.165) is 14.2 Å². The Kier molecular flexibility index (Phi) is 5.16. The van der Waals surface area contributed by atoms with E-state index in [2.05, 4.69) is 22.0 Å². The van der Waals surface area contributed by atoms with Crippen molar-refractivity contribution in [3.05, 3.63) is 20.3 Å². The summed E-state index contributed by atoms with van der Waals surface area (Å²) in [5.41, 5.74) is 1.07. The Morgan fingerprint density at radius 1 is 1.65 bits per heavy atom. The molecule has 0 aromatic carbocycles. The van der Waals surface area contributed by atoms with E-state index in [-0.39, 0.29) is 11.9 Å². The number of thiophene rings is 1. The van der Waals surface area contributed by atoms with Gasteiger partial charge in [0.05, 0.1) is 21.2 Å². The molecule has 1 amide bonds. The molecule has 0 spiro atoms. The predicted molar refractivity (Wildman–Crippen MR) is 73.2 cm³/mol. The molecule has 92 valence electrons. The lowest BCUT2D eigenvalue weighted by atomic mass is 10.2. The number of rotatable bonds is 4. The van der Waals surface area contributed by atoms with E-state index in [9.17, 15) is 4.79 Å². The number of carbonyl (C=O) groups excluding carboxylic acids is 1. The van der Waals surface area contributed by atoms with Crippen molar-refractivity contribution in [2.45, 2.75) is 33.2 Å². The van der Waals surface area contributed by atoms with Crippen molar-refractivity contribution in [2.75, 3.05) is 6.54 Å². The van der Waals surface area contributed by atoms with Crippen LogP contribution < -0.4 is 0 Å². The van der Waals surface area contributed by atoms with Crippen LogP contribution in [-0.2, 0) is 0 Å². The molecular weight excluding hydrogens is 300 g/mol. The Balaban J connectivity index is 2.88. The average molecular weight is 315 g/mol. The van der Waals surface area contributed by atoms with E-state index < -0.39 is 0 Å². The fourth-order valence-corrected chi connectivity index (χ4v) is 2.96. The molecule has 0 saturated carbocycles. The first kappa shape index (κ1) is 14.2. The summed E-state index contributed by atoms with van der Waals surface area (Å²) in [4.78, 5) is 14.7. The van der Waals surface area contributed by atoms with E-state index in [4.69, 9.17) is 5.26 Å². The third kappa shape index (κ3) is 3.55. The largest absolute Gasteiger partial charge is 0.334 e. The molecule has 1 aromatic rings. The van der Waals surface area contributed by atoms with Gasteiger partial charge in [0, 0.05) is 12.6 Å². The van der Waals surface area contributed by atoms with Gasteiger partial charge < -0.3 is 4.90 Å². The zero-order chi connectivity index (χ0) is 13.0. The average Bonchev–Trinajstić information content (AvgIpc) is 2.59. The van der Waals surface area contributed by atoms with Crippen molar-refractivity contribution in [1.82, 2.24) is 4.90 Å². The fourth-order valence-electron chi connectivity index (χ4n) is 1.47. The molecule has 0 atom stereocenters. The molecule has 0 fully saturated rings. The Hall–Kier alpha value is -0.860. The summed E-state index contributed by atoms with van der Waals surface area (Å²) in [7, 11) is 0. The first-order valence-electron chi connectivity index (χ1n) is 5.41. The molecule has 0 radical (unpaired) electrons. The Labute approximate surface area is 114 Å². The minimum Gasteiger partial charge on any atom is -0.334 e. The summed E-state index contributed by atoms with van der Waals surface area (Å²) < 4.78 is 0.991. The number of nitrogens with zero attached hydrogens (tertiary/aromatic N) is 2. The minimum absolute atomic E-state index is 0.00838. The lowest BCUT2D eigenvalue weighted by Gasteiger charge is -2.25. The molecule has 1 rings (SSSR count). The highest BCUT2D eigenvalue weighted by molar-refractivity contribution is 9.11. The van der Waals surface area contributed by atoms with Gasteiger partial charge in [0.2, 0.25) is 0 Å². The van der Waals surface area contributed by atoms with Gasteiger partial charge in [-0.2, -0.15) is 5.26 Å². The molecule has 0 saturated heterocycles. The highest BCUT2D eigenvalue weighted by Gasteiger charge is 2.20. The van der Waals surface area contributed by atoms with Crippen LogP contribution in [0.5, 0.6) is 0 Å². The standard InChI is InChI=1S/C12H15BrN2OS/c1-8(2)15(6-4-5-14)12(16)10-7-9(3)11(13)17-10/h7-8H,4,6H2,1-3H3. The molecule has 0 bridgehead atoms. The first-order chi connectivity index (χ1) is 7.97. The molecule has 5 heteroatoms. The second-order valence-corrected chi connectivity index (χ2v) is 6.44. The molecule has 0 N–H and O–H groups in total. The first-order valence-corrected chi connectivity index (χ1v) is 7.02. The second-order valence-electron chi connectivity index (χ2n) is 4.07. The molecular formula is C12H15BrN2OS. The number of hydrogen-bond donors (Lipinski definition) is 0. The summed E-state index contributed by atoms with van der Waals surface area (Å²) in [6.07, 6.45) is 0.370. The lowest BCUT2D eigenvalue weighted by Crippen LogP contribution is -2.37. The summed E-state index contributed by atoms with van der Waals surface area (Å²) in [5.74, 6) is 0.00838. The van der Waals surface area contributed by atoms with Crippen molar-refractivity contribution in [3.8, 4) is 6.07 Å². The van der Waals surface area contributed by atoms with Crippen LogP contribution in [0.4, 0.5) is 0 Å². The van der Waals surface area contributed by atoms with Crippen molar-refractivity contribution in [1.29, 1.82) is 5.26 Å². The zero-order valence-corrected chi connectivity index (χ0v) is 12.6. The quantitative estimate of drug-likeness (QED) is 0.852. The van der Waals surface area contributed by atoms with Gasteiger partial charge in [0.1, 0.15) is 0 Å². The predicted octanol–water partition coefficient (Wildman–Crippen LogP) is 3.58. The van der Waals surface area contributed by atoms with Gasteiger partial charge in [-0.05, 0) is 48.3 Å². The number of aryl methyl sites for hydroxylation is 1. The van der Waals surface area contributed by atoms with Gasteiger partial charge >= 0.3 is 0 Å². The van der Waals surface area contributed by atoms with Crippen LogP contribution in [0.2, 0.25) is 0 Å². The molecule has 0 unspecified atom stereocenters. The van der Waals surface area contributed by atoms with Gasteiger partial charge in [-0.1, -0.05) is 0 Å². The van der Waals surface area contributed by atoms with Crippen LogP contribution in [0.25, 0.3) is 0 Å².